The molecule has 214 valence electrons. The molecular weight excluding hydrogens is 533 g/mol. The normalized spacial score (nSPS) is 19.1. The highest BCUT2D eigenvalue weighted by atomic mass is 19.4. The van der Waals surface area contributed by atoms with Gasteiger partial charge in [-0.2, -0.15) is 26.3 Å². The molecular formula is C27H29F7N2O3. The van der Waals surface area contributed by atoms with Crippen LogP contribution in [0.4, 0.5) is 30.7 Å². The minimum absolute atomic E-state index is 0.0264. The molecule has 1 aliphatic heterocycles. The molecule has 0 aromatic heterocycles. The summed E-state index contributed by atoms with van der Waals surface area (Å²) in [5.41, 5.74) is -2.17. The molecule has 5 nitrogen and oxygen atoms in total. The van der Waals surface area contributed by atoms with E-state index in [-0.39, 0.29) is 43.5 Å². The van der Waals surface area contributed by atoms with E-state index in [4.69, 9.17) is 0 Å². The average molecular weight is 563 g/mol. The Bertz CT molecular complexity index is 1180. The maximum Gasteiger partial charge on any atom is 0.416 e. The standard InChI is InChI=1S/C27H29F7N2O3/c1-15-8-20(28)4-5-21(15)23-14-36(24(38)9-16(2)37)7-6-22(23)25(39)35(3)13-17-10-18(26(29,30)31)12-19(11-17)27(32,33)34/h4-5,8,10-12,16,22-23,37H,6-7,9,13-14H2,1-3H3/t16?,22-,23+/m1/s1. The number of aliphatic hydroxyl groups excluding tert-OH is 1. The van der Waals surface area contributed by atoms with Crippen LogP contribution in [0.5, 0.6) is 0 Å². The quantitative estimate of drug-likeness (QED) is 0.471. The molecule has 39 heavy (non-hydrogen) atoms. The lowest BCUT2D eigenvalue weighted by Gasteiger charge is -2.40. The average Bonchev–Trinajstić information content (AvgIpc) is 2.81. The number of carbonyl (C=O) groups is 2. The van der Waals surface area contributed by atoms with Gasteiger partial charge in [-0.05, 0) is 67.3 Å². The lowest BCUT2D eigenvalue weighted by atomic mass is 9.78. The second kappa shape index (κ2) is 11.5. The van der Waals surface area contributed by atoms with Gasteiger partial charge in [0.05, 0.1) is 23.7 Å². The zero-order valence-corrected chi connectivity index (χ0v) is 21.5. The van der Waals surface area contributed by atoms with Crippen LogP contribution >= 0.6 is 0 Å². The number of alkyl halides is 6. The van der Waals surface area contributed by atoms with Crippen molar-refractivity contribution in [3.05, 3.63) is 70.0 Å². The van der Waals surface area contributed by atoms with E-state index in [0.717, 1.165) is 4.90 Å². The number of hydrogen-bond acceptors (Lipinski definition) is 3. The first kappa shape index (κ1) is 30.4. The Morgan fingerprint density at radius 1 is 1.05 bits per heavy atom. The molecule has 2 aromatic rings. The third-order valence-electron chi connectivity index (χ3n) is 6.83. The molecule has 0 aliphatic carbocycles. The van der Waals surface area contributed by atoms with E-state index in [9.17, 15) is 45.4 Å². The van der Waals surface area contributed by atoms with Crippen molar-refractivity contribution in [2.75, 3.05) is 20.1 Å². The van der Waals surface area contributed by atoms with E-state index in [0.29, 0.717) is 23.3 Å². The second-order valence-electron chi connectivity index (χ2n) is 10.0. The van der Waals surface area contributed by atoms with Crippen molar-refractivity contribution in [1.29, 1.82) is 0 Å². The van der Waals surface area contributed by atoms with Gasteiger partial charge in [-0.1, -0.05) is 6.07 Å². The van der Waals surface area contributed by atoms with Crippen molar-refractivity contribution in [2.45, 2.75) is 57.6 Å². The van der Waals surface area contributed by atoms with Gasteiger partial charge in [0.2, 0.25) is 11.8 Å². The summed E-state index contributed by atoms with van der Waals surface area (Å²) in [6.45, 7) is 2.82. The molecule has 1 saturated heterocycles. The molecule has 1 heterocycles. The summed E-state index contributed by atoms with van der Waals surface area (Å²) >= 11 is 0. The minimum atomic E-state index is -5.02. The van der Waals surface area contributed by atoms with Gasteiger partial charge in [0.15, 0.2) is 0 Å². The van der Waals surface area contributed by atoms with Crippen LogP contribution in [-0.4, -0.2) is 53.0 Å². The summed E-state index contributed by atoms with van der Waals surface area (Å²) in [5, 5.41) is 9.61. The van der Waals surface area contributed by atoms with Crippen molar-refractivity contribution >= 4 is 11.8 Å². The maximum absolute atomic E-state index is 13.8. The van der Waals surface area contributed by atoms with Crippen LogP contribution in [0, 0.1) is 18.7 Å². The summed E-state index contributed by atoms with van der Waals surface area (Å²) in [6.07, 6.45) is -10.9. The van der Waals surface area contributed by atoms with Gasteiger partial charge in [-0.25, -0.2) is 4.39 Å². The first-order chi connectivity index (χ1) is 18.0. The number of nitrogens with zero attached hydrogens (tertiary/aromatic N) is 2. The third-order valence-corrected chi connectivity index (χ3v) is 6.83. The van der Waals surface area contributed by atoms with Crippen LogP contribution in [-0.2, 0) is 28.5 Å². The van der Waals surface area contributed by atoms with Crippen LogP contribution in [0.2, 0.25) is 0 Å². The smallest absolute Gasteiger partial charge is 0.393 e. The summed E-state index contributed by atoms with van der Waals surface area (Å²) < 4.78 is 93.5. The Kier molecular flexibility index (Phi) is 8.99. The summed E-state index contributed by atoms with van der Waals surface area (Å²) in [4.78, 5) is 28.7. The van der Waals surface area contributed by atoms with Crippen molar-refractivity contribution in [2.24, 2.45) is 5.92 Å². The summed E-state index contributed by atoms with van der Waals surface area (Å²) in [5.74, 6) is -2.75. The first-order valence-corrected chi connectivity index (χ1v) is 12.2. The fourth-order valence-electron chi connectivity index (χ4n) is 4.97. The molecule has 3 rings (SSSR count). The van der Waals surface area contributed by atoms with Crippen LogP contribution in [0.15, 0.2) is 36.4 Å². The second-order valence-corrected chi connectivity index (χ2v) is 10.0. The molecule has 0 saturated carbocycles. The van der Waals surface area contributed by atoms with Crippen LogP contribution < -0.4 is 0 Å². The van der Waals surface area contributed by atoms with Crippen molar-refractivity contribution in [3.8, 4) is 0 Å². The molecule has 1 N–H and O–H groups in total. The topological polar surface area (TPSA) is 60.9 Å². The predicted octanol–water partition coefficient (Wildman–Crippen LogP) is 5.53. The Morgan fingerprint density at radius 3 is 2.15 bits per heavy atom. The summed E-state index contributed by atoms with van der Waals surface area (Å²) in [6, 6.07) is 5.18. The largest absolute Gasteiger partial charge is 0.416 e. The van der Waals surface area contributed by atoms with E-state index < -0.39 is 59.7 Å². The lowest BCUT2D eigenvalue weighted by molar-refractivity contribution is -0.143. The molecule has 3 atom stereocenters. The molecule has 2 amide bonds. The Labute approximate surface area is 221 Å². The summed E-state index contributed by atoms with van der Waals surface area (Å²) in [7, 11) is 1.29. The highest BCUT2D eigenvalue weighted by Gasteiger charge is 2.40. The zero-order valence-electron chi connectivity index (χ0n) is 21.5. The molecule has 1 fully saturated rings. The molecule has 1 aliphatic rings. The Hall–Kier alpha value is -3.15. The lowest BCUT2D eigenvalue weighted by Crippen LogP contribution is -2.48. The number of aryl methyl sites for hydroxylation is 1. The first-order valence-electron chi connectivity index (χ1n) is 12.2. The fraction of sp³-hybridized carbons (Fsp3) is 0.481. The molecule has 0 bridgehead atoms. The highest BCUT2D eigenvalue weighted by molar-refractivity contribution is 5.81. The number of aliphatic hydroxyl groups is 1. The van der Waals surface area contributed by atoms with Gasteiger partial charge in [0.25, 0.3) is 0 Å². The Morgan fingerprint density at radius 2 is 1.64 bits per heavy atom. The molecule has 12 heteroatoms. The number of piperidine rings is 1. The van der Waals surface area contributed by atoms with E-state index in [1.807, 2.05) is 0 Å². The molecule has 0 radical (unpaired) electrons. The van der Waals surface area contributed by atoms with Gasteiger partial charge < -0.3 is 14.9 Å². The minimum Gasteiger partial charge on any atom is -0.393 e. The molecule has 1 unspecified atom stereocenters. The number of rotatable bonds is 6. The number of amides is 2. The maximum atomic E-state index is 13.8. The van der Waals surface area contributed by atoms with Gasteiger partial charge in [-0.3, -0.25) is 9.59 Å². The van der Waals surface area contributed by atoms with Crippen LogP contribution in [0.1, 0.15) is 53.5 Å². The van der Waals surface area contributed by atoms with Crippen molar-refractivity contribution in [3.63, 3.8) is 0 Å². The van der Waals surface area contributed by atoms with Crippen LogP contribution in [0.3, 0.4) is 0 Å². The van der Waals surface area contributed by atoms with Gasteiger partial charge in [0, 0.05) is 38.5 Å². The van der Waals surface area contributed by atoms with E-state index in [1.54, 1.807) is 6.92 Å². The van der Waals surface area contributed by atoms with Crippen molar-refractivity contribution in [1.82, 2.24) is 9.80 Å². The number of carbonyl (C=O) groups excluding carboxylic acids is 2. The molecule has 2 aromatic carbocycles. The monoisotopic (exact) mass is 562 g/mol. The molecule has 0 spiro atoms. The third kappa shape index (κ3) is 7.49. The number of halogens is 7. The van der Waals surface area contributed by atoms with Gasteiger partial charge in [0.1, 0.15) is 5.82 Å². The van der Waals surface area contributed by atoms with Crippen molar-refractivity contribution < 1.29 is 45.4 Å². The number of hydrogen-bond donors (Lipinski definition) is 1. The zero-order chi connectivity index (χ0) is 29.3. The Balaban J connectivity index is 1.92. The number of benzene rings is 2. The van der Waals surface area contributed by atoms with E-state index in [2.05, 4.69) is 0 Å². The van der Waals surface area contributed by atoms with E-state index >= 15 is 0 Å². The van der Waals surface area contributed by atoms with Crippen LogP contribution in [0.25, 0.3) is 0 Å². The van der Waals surface area contributed by atoms with Gasteiger partial charge >= 0.3 is 12.4 Å². The SMILES string of the molecule is Cc1cc(F)ccc1[C@@H]1CN(C(=O)CC(C)O)CC[C@H]1C(=O)N(C)Cc1cc(C(F)(F)F)cc(C(F)(F)F)c1. The predicted molar refractivity (Wildman–Crippen MR) is 128 cm³/mol. The fourth-order valence-corrected chi connectivity index (χ4v) is 4.97. The highest BCUT2D eigenvalue weighted by Crippen LogP contribution is 2.38. The van der Waals surface area contributed by atoms with E-state index in [1.165, 1.54) is 37.1 Å². The number of likely N-dealkylation sites (tertiary alicyclic amines) is 1. The van der Waals surface area contributed by atoms with Gasteiger partial charge in [-0.15, -0.1) is 0 Å².